The summed E-state index contributed by atoms with van der Waals surface area (Å²) in [6.45, 7) is 9.13. The number of ether oxygens (including phenoxy) is 1. The molecule has 3 amide bonds. The van der Waals surface area contributed by atoms with Gasteiger partial charge in [-0.25, -0.2) is 14.0 Å². The Kier molecular flexibility index (Phi) is 5.82. The van der Waals surface area contributed by atoms with E-state index in [1.54, 1.807) is 24.0 Å². The highest BCUT2D eigenvalue weighted by atomic mass is 19.1. The van der Waals surface area contributed by atoms with E-state index in [-0.39, 0.29) is 29.8 Å². The third-order valence-electron chi connectivity index (χ3n) is 5.43. The van der Waals surface area contributed by atoms with E-state index in [2.05, 4.69) is 5.32 Å². The molecule has 2 heterocycles. The molecule has 0 spiro atoms. The van der Waals surface area contributed by atoms with Crippen LogP contribution in [0.1, 0.15) is 45.6 Å². The van der Waals surface area contributed by atoms with E-state index in [1.807, 2.05) is 25.7 Å². The van der Waals surface area contributed by atoms with Gasteiger partial charge < -0.3 is 19.9 Å². The van der Waals surface area contributed by atoms with E-state index in [4.69, 9.17) is 4.74 Å². The summed E-state index contributed by atoms with van der Waals surface area (Å²) in [5, 5.41) is 2.75. The zero-order chi connectivity index (χ0) is 20.5. The number of urea groups is 1. The van der Waals surface area contributed by atoms with Gasteiger partial charge in [-0.05, 0) is 64.5 Å². The molecule has 2 aliphatic heterocycles. The van der Waals surface area contributed by atoms with Crippen molar-refractivity contribution in [1.82, 2.24) is 9.80 Å². The number of carbonyl (C=O) groups excluding carboxylic acids is 2. The molecule has 154 valence electrons. The van der Waals surface area contributed by atoms with Crippen molar-refractivity contribution in [1.29, 1.82) is 0 Å². The molecule has 2 aliphatic rings. The van der Waals surface area contributed by atoms with Crippen LogP contribution in [0.3, 0.4) is 0 Å². The maximum absolute atomic E-state index is 14.1. The number of para-hydroxylation sites is 1. The summed E-state index contributed by atoms with van der Waals surface area (Å²) >= 11 is 0. The average Bonchev–Trinajstić information content (AvgIpc) is 2.62. The van der Waals surface area contributed by atoms with Crippen molar-refractivity contribution in [2.45, 2.75) is 58.6 Å². The van der Waals surface area contributed by atoms with Gasteiger partial charge in [0, 0.05) is 25.7 Å². The van der Waals surface area contributed by atoms with Gasteiger partial charge in [-0.2, -0.15) is 0 Å². The van der Waals surface area contributed by atoms with Gasteiger partial charge in [0.1, 0.15) is 11.4 Å². The fraction of sp³-hybridized carbons (Fsp3) is 0.619. The van der Waals surface area contributed by atoms with Crippen LogP contribution in [0.4, 0.5) is 19.7 Å². The molecule has 0 aromatic heterocycles. The lowest BCUT2D eigenvalue weighted by molar-refractivity contribution is -0.000548. The average molecular weight is 391 g/mol. The van der Waals surface area contributed by atoms with Crippen LogP contribution in [-0.2, 0) is 4.74 Å². The van der Waals surface area contributed by atoms with E-state index in [0.717, 1.165) is 12.8 Å². The number of hydrogen-bond donors (Lipinski definition) is 1. The number of anilines is 1. The van der Waals surface area contributed by atoms with E-state index >= 15 is 0 Å². The standard InChI is InChI=1S/C21H30FN3O3/c1-14-7-5-9-16(22)18(14)23-19(26)25-11-6-8-15-13-24(12-10-17(15)25)20(27)28-21(2,3)4/h5,7,9,15,17H,6,8,10-13H2,1-4H3,(H,23,26). The van der Waals surface area contributed by atoms with Crippen LogP contribution in [0.5, 0.6) is 0 Å². The van der Waals surface area contributed by atoms with Crippen LogP contribution in [0.2, 0.25) is 0 Å². The smallest absolute Gasteiger partial charge is 0.410 e. The molecule has 2 fully saturated rings. The first-order chi connectivity index (χ1) is 13.2. The molecule has 1 aromatic carbocycles. The number of hydrogen-bond acceptors (Lipinski definition) is 3. The molecule has 0 saturated carbocycles. The minimum atomic E-state index is -0.524. The first-order valence-electron chi connectivity index (χ1n) is 9.96. The van der Waals surface area contributed by atoms with Crippen LogP contribution in [0, 0.1) is 18.7 Å². The molecule has 6 nitrogen and oxygen atoms in total. The molecular weight excluding hydrogens is 361 g/mol. The second-order valence-corrected chi connectivity index (χ2v) is 8.74. The van der Waals surface area contributed by atoms with Gasteiger partial charge in [0.15, 0.2) is 0 Å². The number of nitrogens with one attached hydrogen (secondary N) is 1. The normalized spacial score (nSPS) is 22.5. The van der Waals surface area contributed by atoms with Crippen LogP contribution in [0.25, 0.3) is 0 Å². The number of piperidine rings is 2. The summed E-state index contributed by atoms with van der Waals surface area (Å²) in [5.41, 5.74) is 0.409. The molecule has 0 radical (unpaired) electrons. The summed E-state index contributed by atoms with van der Waals surface area (Å²) in [5.74, 6) is -0.218. The maximum Gasteiger partial charge on any atom is 0.410 e. The van der Waals surface area contributed by atoms with Crippen molar-refractivity contribution in [3.63, 3.8) is 0 Å². The number of amides is 3. The number of carbonyl (C=O) groups is 2. The zero-order valence-electron chi connectivity index (χ0n) is 17.1. The molecule has 2 saturated heterocycles. The van der Waals surface area contributed by atoms with Gasteiger partial charge in [-0.1, -0.05) is 12.1 Å². The molecule has 7 heteroatoms. The van der Waals surface area contributed by atoms with Gasteiger partial charge in [-0.3, -0.25) is 0 Å². The van der Waals surface area contributed by atoms with E-state index in [0.29, 0.717) is 31.6 Å². The topological polar surface area (TPSA) is 61.9 Å². The van der Waals surface area contributed by atoms with Crippen molar-refractivity contribution < 1.29 is 18.7 Å². The number of halogens is 1. The van der Waals surface area contributed by atoms with Crippen LogP contribution >= 0.6 is 0 Å². The van der Waals surface area contributed by atoms with Crippen LogP contribution < -0.4 is 5.32 Å². The van der Waals surface area contributed by atoms with Gasteiger partial charge in [-0.15, -0.1) is 0 Å². The molecule has 1 N–H and O–H groups in total. The van der Waals surface area contributed by atoms with Gasteiger partial charge >= 0.3 is 12.1 Å². The number of rotatable bonds is 1. The second-order valence-electron chi connectivity index (χ2n) is 8.74. The van der Waals surface area contributed by atoms with Gasteiger partial charge in [0.05, 0.1) is 5.69 Å². The zero-order valence-corrected chi connectivity index (χ0v) is 17.1. The lowest BCUT2D eigenvalue weighted by Crippen LogP contribution is -2.57. The first kappa shape index (κ1) is 20.4. The van der Waals surface area contributed by atoms with E-state index in [9.17, 15) is 14.0 Å². The lowest BCUT2D eigenvalue weighted by atomic mass is 9.84. The molecule has 1 aromatic rings. The quantitative estimate of drug-likeness (QED) is 0.772. The predicted molar refractivity (Wildman–Crippen MR) is 106 cm³/mol. The second kappa shape index (κ2) is 7.97. The fourth-order valence-electron chi connectivity index (χ4n) is 4.12. The predicted octanol–water partition coefficient (Wildman–Crippen LogP) is 4.39. The monoisotopic (exact) mass is 391 g/mol. The molecule has 0 aliphatic carbocycles. The number of aryl methyl sites for hydroxylation is 1. The fourth-order valence-corrected chi connectivity index (χ4v) is 4.12. The van der Waals surface area contributed by atoms with Crippen molar-refractivity contribution in [2.75, 3.05) is 25.0 Å². The minimum Gasteiger partial charge on any atom is -0.444 e. The Balaban J connectivity index is 1.66. The Bertz CT molecular complexity index is 727. The number of nitrogens with zero attached hydrogens (tertiary/aromatic N) is 2. The van der Waals surface area contributed by atoms with Gasteiger partial charge in [0.2, 0.25) is 0 Å². The minimum absolute atomic E-state index is 0.0551. The Hall–Kier alpha value is -2.31. The summed E-state index contributed by atoms with van der Waals surface area (Å²) in [4.78, 5) is 28.8. The Morgan fingerprint density at radius 1 is 1.21 bits per heavy atom. The Morgan fingerprint density at radius 3 is 2.64 bits per heavy atom. The number of likely N-dealkylation sites (tertiary alicyclic amines) is 2. The molecule has 2 atom stereocenters. The SMILES string of the molecule is Cc1cccc(F)c1NC(=O)N1CCCC2CN(C(=O)OC(C)(C)C)CCC21. The molecule has 3 rings (SSSR count). The highest BCUT2D eigenvalue weighted by Gasteiger charge is 2.40. The van der Waals surface area contributed by atoms with E-state index < -0.39 is 11.4 Å². The molecule has 0 bridgehead atoms. The lowest BCUT2D eigenvalue weighted by Gasteiger charge is -2.47. The maximum atomic E-state index is 14.1. The van der Waals surface area contributed by atoms with Crippen molar-refractivity contribution in [2.24, 2.45) is 5.92 Å². The van der Waals surface area contributed by atoms with Crippen LogP contribution in [0.15, 0.2) is 18.2 Å². The van der Waals surface area contributed by atoms with E-state index in [1.165, 1.54) is 6.07 Å². The number of fused-ring (bicyclic) bond motifs is 1. The summed E-state index contributed by atoms with van der Waals surface area (Å²) < 4.78 is 19.6. The van der Waals surface area contributed by atoms with Gasteiger partial charge in [0.25, 0.3) is 0 Å². The van der Waals surface area contributed by atoms with Crippen molar-refractivity contribution in [3.8, 4) is 0 Å². The molecule has 28 heavy (non-hydrogen) atoms. The summed E-state index contributed by atoms with van der Waals surface area (Å²) in [6.07, 6.45) is 2.24. The molecule has 2 unspecified atom stereocenters. The third-order valence-corrected chi connectivity index (χ3v) is 5.43. The van der Waals surface area contributed by atoms with Crippen molar-refractivity contribution in [3.05, 3.63) is 29.6 Å². The Morgan fingerprint density at radius 2 is 1.96 bits per heavy atom. The molecular formula is C21H30FN3O3. The van der Waals surface area contributed by atoms with Crippen LogP contribution in [-0.4, -0.2) is 53.2 Å². The van der Waals surface area contributed by atoms with Crippen molar-refractivity contribution >= 4 is 17.8 Å². The third kappa shape index (κ3) is 4.56. The highest BCUT2D eigenvalue weighted by molar-refractivity contribution is 5.90. The summed E-state index contributed by atoms with van der Waals surface area (Å²) in [7, 11) is 0. The Labute approximate surface area is 166 Å². The highest BCUT2D eigenvalue weighted by Crippen LogP contribution is 2.32. The first-order valence-corrected chi connectivity index (χ1v) is 9.96. The largest absolute Gasteiger partial charge is 0.444 e. The number of benzene rings is 1. The summed E-state index contributed by atoms with van der Waals surface area (Å²) in [6, 6.07) is 4.54.